The van der Waals surface area contributed by atoms with Gasteiger partial charge in [0.2, 0.25) is 0 Å². The molecule has 0 heterocycles. The maximum atomic E-state index is 11.2. The van der Waals surface area contributed by atoms with E-state index in [-0.39, 0.29) is 5.97 Å². The number of hydrogen-bond donors (Lipinski definition) is 1. The maximum Gasteiger partial charge on any atom is 0.310 e. The van der Waals surface area contributed by atoms with Crippen LogP contribution in [-0.2, 0) is 14.3 Å². The van der Waals surface area contributed by atoms with Gasteiger partial charge in [-0.1, -0.05) is 142 Å². The Morgan fingerprint density at radius 3 is 1.21 bits per heavy atom. The van der Waals surface area contributed by atoms with Crippen molar-refractivity contribution in [2.45, 2.75) is 156 Å². The fourth-order valence-corrected chi connectivity index (χ4v) is 3.98. The Labute approximate surface area is 206 Å². The van der Waals surface area contributed by atoms with Crippen LogP contribution in [0, 0.1) is 5.92 Å². The van der Waals surface area contributed by atoms with E-state index in [0.29, 0.717) is 6.42 Å². The van der Waals surface area contributed by atoms with Crippen LogP contribution in [0.5, 0.6) is 0 Å². The van der Waals surface area contributed by atoms with Crippen LogP contribution in [0.1, 0.15) is 156 Å². The van der Waals surface area contributed by atoms with Crippen LogP contribution >= 0.6 is 0 Å². The lowest BCUT2D eigenvalue weighted by molar-refractivity contribution is -0.138. The Balaban J connectivity index is 0. The van der Waals surface area contributed by atoms with Crippen molar-refractivity contribution in [2.75, 3.05) is 0 Å². The van der Waals surface area contributed by atoms with Gasteiger partial charge in [-0.2, -0.15) is 0 Å². The quantitative estimate of drug-likeness (QED) is 0.0920. The fraction of sp³-hybridized carbons (Fsp3) is 0.862. The number of unbranched alkanes of at least 4 members (excludes halogenated alkanes) is 18. The zero-order valence-electron chi connectivity index (χ0n) is 22.4. The smallest absolute Gasteiger partial charge is 0.310 e. The summed E-state index contributed by atoms with van der Waals surface area (Å²) in [6.07, 6.45) is 29.3. The van der Waals surface area contributed by atoms with Crippen molar-refractivity contribution >= 4 is 11.9 Å². The number of carbonyl (C=O) groups is 2. The third kappa shape index (κ3) is 38.3. The maximum absolute atomic E-state index is 11.2. The van der Waals surface area contributed by atoms with Gasteiger partial charge in [-0.3, -0.25) is 9.59 Å². The molecule has 0 fully saturated rings. The number of aliphatic carboxylic acids is 1. The van der Waals surface area contributed by atoms with Crippen LogP contribution < -0.4 is 0 Å². The lowest BCUT2D eigenvalue weighted by Gasteiger charge is -2.05. The van der Waals surface area contributed by atoms with Crippen molar-refractivity contribution in [1.82, 2.24) is 0 Å². The van der Waals surface area contributed by atoms with Crippen molar-refractivity contribution in [2.24, 2.45) is 5.92 Å². The minimum atomic E-state index is -0.833. The second-order valence-electron chi connectivity index (χ2n) is 9.83. The van der Waals surface area contributed by atoms with E-state index in [0.717, 1.165) is 25.7 Å². The molecule has 0 aromatic carbocycles. The number of esters is 1. The van der Waals surface area contributed by atoms with Crippen molar-refractivity contribution < 1.29 is 19.4 Å². The summed E-state index contributed by atoms with van der Waals surface area (Å²) in [6, 6.07) is 0. The summed E-state index contributed by atoms with van der Waals surface area (Å²) in [5.41, 5.74) is 0. The van der Waals surface area contributed by atoms with Crippen LogP contribution in [-0.4, -0.2) is 17.0 Å². The van der Waals surface area contributed by atoms with Gasteiger partial charge in [0.1, 0.15) is 0 Å². The number of hydrogen-bond acceptors (Lipinski definition) is 3. The first-order chi connectivity index (χ1) is 15.9. The molecule has 0 bridgehead atoms. The molecule has 0 spiro atoms. The molecule has 0 unspecified atom stereocenters. The summed E-state index contributed by atoms with van der Waals surface area (Å²) in [6.45, 7) is 9.14. The summed E-state index contributed by atoms with van der Waals surface area (Å²) in [4.78, 5) is 20.2. The van der Waals surface area contributed by atoms with E-state index in [4.69, 9.17) is 14.6 Å². The van der Waals surface area contributed by atoms with Crippen LogP contribution in [0.25, 0.3) is 0 Å². The van der Waals surface area contributed by atoms with E-state index in [1.54, 1.807) is 0 Å². The summed E-state index contributed by atoms with van der Waals surface area (Å²) in [5, 5.41) is 7.42. The van der Waals surface area contributed by atoms with E-state index < -0.39 is 5.97 Å². The van der Waals surface area contributed by atoms with Gasteiger partial charge in [0.25, 0.3) is 5.97 Å². The number of carbonyl (C=O) groups excluding carboxylic acids is 1. The average molecular weight is 469 g/mol. The van der Waals surface area contributed by atoms with Crippen molar-refractivity contribution in [3.05, 3.63) is 12.8 Å². The number of carboxylic acid groups (broad SMARTS) is 1. The molecule has 196 valence electrons. The molecule has 0 amide bonds. The largest absolute Gasteiger partial charge is 0.481 e. The predicted molar refractivity (Wildman–Crippen MR) is 141 cm³/mol. The molecule has 4 heteroatoms. The highest BCUT2D eigenvalue weighted by Crippen LogP contribution is 2.15. The Bertz CT molecular complexity index is 427. The molecule has 0 aliphatic rings. The Morgan fingerprint density at radius 1 is 0.667 bits per heavy atom. The highest BCUT2D eigenvalue weighted by Gasteiger charge is 2.00. The van der Waals surface area contributed by atoms with E-state index in [1.165, 1.54) is 122 Å². The molecule has 0 aromatic rings. The number of rotatable bonds is 23. The summed E-state index contributed by atoms with van der Waals surface area (Å²) >= 11 is 0. The second kappa shape index (κ2) is 28.7. The van der Waals surface area contributed by atoms with Crippen molar-refractivity contribution in [1.29, 1.82) is 0 Å². The first-order valence-corrected chi connectivity index (χ1v) is 13.9. The zero-order valence-corrected chi connectivity index (χ0v) is 22.4. The van der Waals surface area contributed by atoms with Crippen LogP contribution in [0.4, 0.5) is 0 Å². The standard InChI is InChI=1S/C27H52O2.C2H4O2/c1-4-29-27(28)25-23-21-19-17-15-13-11-9-7-5-6-8-10-12-14-16-18-20-22-24-26(2)3;1-2(3)4/h4,26H,1,5-25H2,2-3H3;1H3,(H,3,4). The Kier molecular flexibility index (Phi) is 29.5. The van der Waals surface area contributed by atoms with Gasteiger partial charge in [0.05, 0.1) is 6.26 Å². The Morgan fingerprint density at radius 2 is 0.939 bits per heavy atom. The first kappa shape index (κ1) is 33.9. The third-order valence-electron chi connectivity index (χ3n) is 5.88. The SMILES string of the molecule is C=COC(=O)CCCCCCCCCCCCCCCCCCCCCC(C)C.CC(=O)O. The average Bonchev–Trinajstić information content (AvgIpc) is 2.74. The monoisotopic (exact) mass is 468 g/mol. The Hall–Kier alpha value is -1.32. The highest BCUT2D eigenvalue weighted by molar-refractivity contribution is 5.69. The second-order valence-corrected chi connectivity index (χ2v) is 9.83. The summed E-state index contributed by atoms with van der Waals surface area (Å²) in [5.74, 6) is -0.0970. The van der Waals surface area contributed by atoms with Crippen LogP contribution in [0.3, 0.4) is 0 Å². The first-order valence-electron chi connectivity index (χ1n) is 13.9. The summed E-state index contributed by atoms with van der Waals surface area (Å²) < 4.78 is 4.71. The van der Waals surface area contributed by atoms with Gasteiger partial charge in [0.15, 0.2) is 0 Å². The minimum absolute atomic E-state index is 0.146. The van der Waals surface area contributed by atoms with Gasteiger partial charge in [-0.05, 0) is 12.3 Å². The molecule has 33 heavy (non-hydrogen) atoms. The lowest BCUT2D eigenvalue weighted by atomic mass is 10.0. The van der Waals surface area contributed by atoms with Crippen LogP contribution in [0.2, 0.25) is 0 Å². The molecule has 0 saturated carbocycles. The van der Waals surface area contributed by atoms with E-state index in [9.17, 15) is 4.79 Å². The van der Waals surface area contributed by atoms with Crippen molar-refractivity contribution in [3.63, 3.8) is 0 Å². The van der Waals surface area contributed by atoms with Gasteiger partial charge in [-0.25, -0.2) is 0 Å². The molecule has 4 nitrogen and oxygen atoms in total. The highest BCUT2D eigenvalue weighted by atomic mass is 16.5. The van der Waals surface area contributed by atoms with Crippen LogP contribution in [0.15, 0.2) is 12.8 Å². The van der Waals surface area contributed by atoms with Gasteiger partial charge >= 0.3 is 5.97 Å². The van der Waals surface area contributed by atoms with Gasteiger partial charge in [0, 0.05) is 13.3 Å². The topological polar surface area (TPSA) is 63.6 Å². The predicted octanol–water partition coefficient (Wildman–Crippen LogP) is 9.61. The number of carboxylic acids is 1. The molecule has 0 aromatic heterocycles. The summed E-state index contributed by atoms with van der Waals surface area (Å²) in [7, 11) is 0. The molecule has 0 aliphatic carbocycles. The molecule has 0 radical (unpaired) electrons. The molecule has 0 saturated heterocycles. The van der Waals surface area contributed by atoms with E-state index in [2.05, 4.69) is 20.4 Å². The fourth-order valence-electron chi connectivity index (χ4n) is 3.98. The molecule has 0 atom stereocenters. The van der Waals surface area contributed by atoms with E-state index >= 15 is 0 Å². The molecule has 1 N–H and O–H groups in total. The molecule has 0 rings (SSSR count). The minimum Gasteiger partial charge on any atom is -0.481 e. The molecular weight excluding hydrogens is 412 g/mol. The zero-order chi connectivity index (χ0) is 25.0. The van der Waals surface area contributed by atoms with E-state index in [1.807, 2.05) is 0 Å². The van der Waals surface area contributed by atoms with Gasteiger partial charge < -0.3 is 9.84 Å². The lowest BCUT2D eigenvalue weighted by Crippen LogP contribution is -1.98. The number of ether oxygens (including phenoxy) is 1. The molecular formula is C29H56O4. The van der Waals surface area contributed by atoms with Gasteiger partial charge in [-0.15, -0.1) is 0 Å². The van der Waals surface area contributed by atoms with Crippen molar-refractivity contribution in [3.8, 4) is 0 Å². The third-order valence-corrected chi connectivity index (χ3v) is 5.88. The molecule has 0 aliphatic heterocycles. The normalized spacial score (nSPS) is 10.5.